The summed E-state index contributed by atoms with van der Waals surface area (Å²) in [6, 6.07) is 11.5. The molecule has 1 aromatic carbocycles. The highest BCUT2D eigenvalue weighted by molar-refractivity contribution is 5.80. The van der Waals surface area contributed by atoms with Crippen molar-refractivity contribution in [1.82, 2.24) is 20.9 Å². The first-order chi connectivity index (χ1) is 13.3. The van der Waals surface area contributed by atoms with Gasteiger partial charge in [0, 0.05) is 32.6 Å². The minimum Gasteiger partial charge on any atom is -0.356 e. The molecule has 0 bridgehead atoms. The minimum absolute atomic E-state index is 0.167. The molecule has 1 saturated heterocycles. The van der Waals surface area contributed by atoms with Crippen molar-refractivity contribution in [2.45, 2.75) is 50.6 Å². The summed E-state index contributed by atoms with van der Waals surface area (Å²) in [6.45, 7) is 3.89. The van der Waals surface area contributed by atoms with E-state index >= 15 is 0 Å². The zero-order chi connectivity index (χ0) is 18.9. The van der Waals surface area contributed by atoms with E-state index in [1.807, 2.05) is 0 Å². The van der Waals surface area contributed by atoms with E-state index in [1.54, 1.807) is 7.05 Å². The summed E-state index contributed by atoms with van der Waals surface area (Å²) in [7, 11) is 1.79. The number of aliphatic imine (C=N–C) groups is 1. The Bertz CT molecular complexity index is 608. The third kappa shape index (κ3) is 6.54. The van der Waals surface area contributed by atoms with Gasteiger partial charge in [0.25, 0.3) is 0 Å². The van der Waals surface area contributed by atoms with Crippen LogP contribution in [0.2, 0.25) is 0 Å². The number of hydrogen-bond acceptors (Lipinski definition) is 3. The molecule has 6 nitrogen and oxygen atoms in total. The fraction of sp³-hybridized carbons (Fsp3) is 0.619. The molecule has 27 heavy (non-hydrogen) atoms. The van der Waals surface area contributed by atoms with Gasteiger partial charge in [-0.3, -0.25) is 14.7 Å². The Morgan fingerprint density at radius 3 is 2.59 bits per heavy atom. The molecule has 1 aliphatic carbocycles. The zero-order valence-corrected chi connectivity index (χ0v) is 16.4. The molecular weight excluding hydrogens is 338 g/mol. The van der Waals surface area contributed by atoms with Gasteiger partial charge in [-0.1, -0.05) is 30.3 Å². The van der Waals surface area contributed by atoms with E-state index in [2.05, 4.69) is 56.2 Å². The molecule has 1 heterocycles. The van der Waals surface area contributed by atoms with Gasteiger partial charge >= 0.3 is 0 Å². The van der Waals surface area contributed by atoms with E-state index in [0.29, 0.717) is 18.5 Å². The SMILES string of the molecule is CN=C(NCCCC(=O)NC1CC1)NCC(c1ccccc1)N1CCCC1. The quantitative estimate of drug-likeness (QED) is 0.353. The lowest BCUT2D eigenvalue weighted by atomic mass is 10.1. The molecule has 1 atom stereocenters. The van der Waals surface area contributed by atoms with Crippen LogP contribution in [0.4, 0.5) is 0 Å². The van der Waals surface area contributed by atoms with Crippen molar-refractivity contribution >= 4 is 11.9 Å². The number of carbonyl (C=O) groups excluding carboxylic acids is 1. The molecule has 1 aliphatic heterocycles. The van der Waals surface area contributed by atoms with Crippen LogP contribution in [0, 0.1) is 0 Å². The third-order valence-electron chi connectivity index (χ3n) is 5.27. The predicted octanol–water partition coefficient (Wildman–Crippen LogP) is 2.05. The second kappa shape index (κ2) is 10.3. The molecule has 0 radical (unpaired) electrons. The Morgan fingerprint density at radius 2 is 1.93 bits per heavy atom. The fourth-order valence-corrected chi connectivity index (χ4v) is 3.58. The van der Waals surface area contributed by atoms with E-state index in [-0.39, 0.29) is 5.91 Å². The second-order valence-corrected chi connectivity index (χ2v) is 7.49. The van der Waals surface area contributed by atoms with Crippen LogP contribution >= 0.6 is 0 Å². The van der Waals surface area contributed by atoms with Crippen LogP contribution in [0.1, 0.15) is 50.1 Å². The zero-order valence-electron chi connectivity index (χ0n) is 16.4. The van der Waals surface area contributed by atoms with Crippen LogP contribution in [0.15, 0.2) is 35.3 Å². The third-order valence-corrected chi connectivity index (χ3v) is 5.27. The molecule has 2 aliphatic rings. The maximum atomic E-state index is 11.7. The number of benzene rings is 1. The van der Waals surface area contributed by atoms with Crippen LogP contribution in [0.5, 0.6) is 0 Å². The van der Waals surface area contributed by atoms with Crippen molar-refractivity contribution < 1.29 is 4.79 Å². The van der Waals surface area contributed by atoms with E-state index in [1.165, 1.54) is 18.4 Å². The van der Waals surface area contributed by atoms with Gasteiger partial charge < -0.3 is 16.0 Å². The van der Waals surface area contributed by atoms with Crippen LogP contribution in [0.3, 0.4) is 0 Å². The molecule has 3 N–H and O–H groups in total. The molecule has 6 heteroatoms. The molecule has 0 aromatic heterocycles. The van der Waals surface area contributed by atoms with Crippen LogP contribution in [-0.2, 0) is 4.79 Å². The average Bonchev–Trinajstić information content (AvgIpc) is 3.34. The number of nitrogens with one attached hydrogen (secondary N) is 3. The van der Waals surface area contributed by atoms with Crippen molar-refractivity contribution in [3.8, 4) is 0 Å². The van der Waals surface area contributed by atoms with Gasteiger partial charge in [0.05, 0.1) is 6.04 Å². The maximum Gasteiger partial charge on any atom is 0.220 e. The van der Waals surface area contributed by atoms with Crippen LogP contribution < -0.4 is 16.0 Å². The summed E-state index contributed by atoms with van der Waals surface area (Å²) < 4.78 is 0. The molecule has 2 fully saturated rings. The van der Waals surface area contributed by atoms with Gasteiger partial charge in [0.2, 0.25) is 5.91 Å². The van der Waals surface area contributed by atoms with Crippen molar-refractivity contribution in [2.75, 3.05) is 33.2 Å². The smallest absolute Gasteiger partial charge is 0.220 e. The van der Waals surface area contributed by atoms with Gasteiger partial charge in [0.15, 0.2) is 5.96 Å². The van der Waals surface area contributed by atoms with Gasteiger partial charge in [-0.2, -0.15) is 0 Å². The summed E-state index contributed by atoms with van der Waals surface area (Å²) >= 11 is 0. The van der Waals surface area contributed by atoms with Gasteiger partial charge in [-0.05, 0) is 50.8 Å². The topological polar surface area (TPSA) is 68.8 Å². The highest BCUT2D eigenvalue weighted by Crippen LogP contribution is 2.24. The summed E-state index contributed by atoms with van der Waals surface area (Å²) in [5.41, 5.74) is 1.35. The number of carbonyl (C=O) groups is 1. The lowest BCUT2D eigenvalue weighted by Crippen LogP contribution is -2.43. The summed E-state index contributed by atoms with van der Waals surface area (Å²) in [6.07, 6.45) is 6.22. The molecule has 1 unspecified atom stereocenters. The Hall–Kier alpha value is -2.08. The van der Waals surface area contributed by atoms with Crippen molar-refractivity contribution in [2.24, 2.45) is 4.99 Å². The van der Waals surface area contributed by atoms with Crippen LogP contribution in [0.25, 0.3) is 0 Å². The predicted molar refractivity (Wildman–Crippen MR) is 110 cm³/mol. The first-order valence-corrected chi connectivity index (χ1v) is 10.3. The van der Waals surface area contributed by atoms with Crippen LogP contribution in [-0.4, -0.2) is 56.0 Å². The van der Waals surface area contributed by atoms with E-state index in [4.69, 9.17) is 0 Å². The molecule has 1 aromatic rings. The number of amides is 1. The Morgan fingerprint density at radius 1 is 1.19 bits per heavy atom. The summed E-state index contributed by atoms with van der Waals surface area (Å²) in [5.74, 6) is 0.971. The molecule has 1 amide bonds. The average molecular weight is 372 g/mol. The van der Waals surface area contributed by atoms with Crippen molar-refractivity contribution in [1.29, 1.82) is 0 Å². The fourth-order valence-electron chi connectivity index (χ4n) is 3.58. The van der Waals surface area contributed by atoms with Gasteiger partial charge in [0.1, 0.15) is 0 Å². The number of rotatable bonds is 9. The van der Waals surface area contributed by atoms with Crippen molar-refractivity contribution in [3.63, 3.8) is 0 Å². The Balaban J connectivity index is 1.42. The minimum atomic E-state index is 0.167. The van der Waals surface area contributed by atoms with E-state index < -0.39 is 0 Å². The monoisotopic (exact) mass is 371 g/mol. The standard InChI is InChI=1S/C21H33N5O/c1-22-21(23-13-7-10-20(27)25-18-11-12-18)24-16-19(26-14-5-6-15-26)17-8-3-2-4-9-17/h2-4,8-9,18-19H,5-7,10-16H2,1H3,(H,25,27)(H2,22,23,24). The normalized spacial score (nSPS) is 18.9. The van der Waals surface area contributed by atoms with Crippen molar-refractivity contribution in [3.05, 3.63) is 35.9 Å². The summed E-state index contributed by atoms with van der Waals surface area (Å²) in [5, 5.41) is 9.83. The Labute approximate surface area is 162 Å². The lowest BCUT2D eigenvalue weighted by molar-refractivity contribution is -0.121. The molecule has 3 rings (SSSR count). The summed E-state index contributed by atoms with van der Waals surface area (Å²) in [4.78, 5) is 18.6. The highest BCUT2D eigenvalue weighted by atomic mass is 16.1. The number of likely N-dealkylation sites (tertiary alicyclic amines) is 1. The van der Waals surface area contributed by atoms with E-state index in [9.17, 15) is 4.79 Å². The van der Waals surface area contributed by atoms with E-state index in [0.717, 1.165) is 51.4 Å². The maximum absolute atomic E-state index is 11.7. The number of guanidine groups is 1. The first kappa shape index (κ1) is 19.7. The van der Waals surface area contributed by atoms with Gasteiger partial charge in [-0.15, -0.1) is 0 Å². The van der Waals surface area contributed by atoms with Gasteiger partial charge in [-0.25, -0.2) is 0 Å². The number of nitrogens with zero attached hydrogens (tertiary/aromatic N) is 2. The molecule has 1 saturated carbocycles. The molecule has 0 spiro atoms. The first-order valence-electron chi connectivity index (χ1n) is 10.3. The second-order valence-electron chi connectivity index (χ2n) is 7.49. The largest absolute Gasteiger partial charge is 0.356 e. The number of hydrogen-bond donors (Lipinski definition) is 3. The molecular formula is C21H33N5O. The highest BCUT2D eigenvalue weighted by Gasteiger charge is 2.24. The lowest BCUT2D eigenvalue weighted by Gasteiger charge is -2.29. The molecule has 148 valence electrons. The Kier molecular flexibility index (Phi) is 7.51.